The first kappa shape index (κ1) is 14.3. The van der Waals surface area contributed by atoms with Gasteiger partial charge in [0.25, 0.3) is 0 Å². The summed E-state index contributed by atoms with van der Waals surface area (Å²) in [5.41, 5.74) is 0. The van der Waals surface area contributed by atoms with Crippen molar-refractivity contribution in [3.63, 3.8) is 0 Å². The van der Waals surface area contributed by atoms with Gasteiger partial charge < -0.3 is 10.6 Å². The standard InChI is InChI=1S/C16H29N3O/c1-3-17-13-9-14-5-4-6-15(10-13)19(14)11(2)16(20)18-12-7-8-12/h11-15,17H,3-10H2,1-2H3,(H,18,20). The van der Waals surface area contributed by atoms with Gasteiger partial charge in [-0.3, -0.25) is 9.69 Å². The summed E-state index contributed by atoms with van der Waals surface area (Å²) in [5, 5.41) is 6.80. The highest BCUT2D eigenvalue weighted by Crippen LogP contribution is 2.35. The predicted octanol–water partition coefficient (Wildman–Crippen LogP) is 1.65. The molecule has 1 saturated carbocycles. The van der Waals surface area contributed by atoms with Crippen molar-refractivity contribution in [1.29, 1.82) is 0 Å². The summed E-state index contributed by atoms with van der Waals surface area (Å²) in [7, 11) is 0. The van der Waals surface area contributed by atoms with Crippen LogP contribution >= 0.6 is 0 Å². The van der Waals surface area contributed by atoms with Crippen LogP contribution in [0.4, 0.5) is 0 Å². The molecule has 1 aliphatic carbocycles. The second-order valence-electron chi connectivity index (χ2n) is 6.87. The van der Waals surface area contributed by atoms with Gasteiger partial charge >= 0.3 is 0 Å². The average Bonchev–Trinajstić information content (AvgIpc) is 3.21. The third-order valence-corrected chi connectivity index (χ3v) is 5.27. The molecule has 20 heavy (non-hydrogen) atoms. The molecule has 2 N–H and O–H groups in total. The molecule has 3 rings (SSSR count). The smallest absolute Gasteiger partial charge is 0.237 e. The minimum Gasteiger partial charge on any atom is -0.352 e. The number of nitrogens with one attached hydrogen (secondary N) is 2. The third-order valence-electron chi connectivity index (χ3n) is 5.27. The Hall–Kier alpha value is -0.610. The maximum atomic E-state index is 12.4. The fourth-order valence-corrected chi connectivity index (χ4v) is 4.19. The highest BCUT2D eigenvalue weighted by atomic mass is 16.2. The quantitative estimate of drug-likeness (QED) is 0.804. The summed E-state index contributed by atoms with van der Waals surface area (Å²) in [5.74, 6) is 0.256. The molecule has 2 bridgehead atoms. The molecule has 0 aromatic carbocycles. The Morgan fingerprint density at radius 3 is 2.35 bits per heavy atom. The van der Waals surface area contributed by atoms with Crippen LogP contribution in [0, 0.1) is 0 Å². The number of fused-ring (bicyclic) bond motifs is 2. The molecular formula is C16H29N3O. The number of hydrogen-bond acceptors (Lipinski definition) is 3. The first-order chi connectivity index (χ1) is 9.69. The number of nitrogens with zero attached hydrogens (tertiary/aromatic N) is 1. The maximum absolute atomic E-state index is 12.4. The van der Waals surface area contributed by atoms with Crippen molar-refractivity contribution < 1.29 is 4.79 Å². The van der Waals surface area contributed by atoms with Crippen molar-refractivity contribution in [3.05, 3.63) is 0 Å². The second kappa shape index (κ2) is 6.02. The fraction of sp³-hybridized carbons (Fsp3) is 0.938. The van der Waals surface area contributed by atoms with Crippen LogP contribution < -0.4 is 10.6 Å². The van der Waals surface area contributed by atoms with Crippen LogP contribution in [0.25, 0.3) is 0 Å². The summed E-state index contributed by atoms with van der Waals surface area (Å²) >= 11 is 0. The van der Waals surface area contributed by atoms with Crippen LogP contribution in [-0.2, 0) is 4.79 Å². The number of hydrogen-bond donors (Lipinski definition) is 2. The molecule has 3 aliphatic rings. The van der Waals surface area contributed by atoms with Gasteiger partial charge in [0.1, 0.15) is 0 Å². The second-order valence-corrected chi connectivity index (χ2v) is 6.87. The van der Waals surface area contributed by atoms with E-state index in [1.165, 1.54) is 44.9 Å². The van der Waals surface area contributed by atoms with Gasteiger partial charge in [-0.1, -0.05) is 13.3 Å². The van der Waals surface area contributed by atoms with Gasteiger partial charge in [-0.05, 0) is 52.0 Å². The summed E-state index contributed by atoms with van der Waals surface area (Å²) < 4.78 is 0. The molecule has 0 spiro atoms. The molecule has 4 nitrogen and oxygen atoms in total. The minimum absolute atomic E-state index is 0.0495. The topological polar surface area (TPSA) is 44.4 Å². The van der Waals surface area contributed by atoms with E-state index in [1.54, 1.807) is 0 Å². The first-order valence-electron chi connectivity index (χ1n) is 8.50. The Kier molecular flexibility index (Phi) is 4.32. The average molecular weight is 279 g/mol. The Labute approximate surface area is 122 Å². The van der Waals surface area contributed by atoms with E-state index in [1.807, 2.05) is 0 Å². The van der Waals surface area contributed by atoms with Crippen molar-refractivity contribution in [3.8, 4) is 0 Å². The van der Waals surface area contributed by atoms with Crippen LogP contribution in [0.15, 0.2) is 0 Å². The molecule has 0 aromatic rings. The number of carbonyl (C=O) groups excluding carboxylic acids is 1. The zero-order valence-corrected chi connectivity index (χ0v) is 12.9. The normalized spacial score (nSPS) is 35.6. The van der Waals surface area contributed by atoms with Crippen LogP contribution in [0.3, 0.4) is 0 Å². The Morgan fingerprint density at radius 2 is 1.80 bits per heavy atom. The van der Waals surface area contributed by atoms with E-state index in [2.05, 4.69) is 29.4 Å². The molecule has 114 valence electrons. The van der Waals surface area contributed by atoms with Crippen LogP contribution in [-0.4, -0.2) is 47.6 Å². The lowest BCUT2D eigenvalue weighted by Crippen LogP contribution is -2.61. The van der Waals surface area contributed by atoms with Crippen LogP contribution in [0.1, 0.15) is 58.8 Å². The Balaban J connectivity index is 1.64. The lowest BCUT2D eigenvalue weighted by molar-refractivity contribution is -0.130. The lowest BCUT2D eigenvalue weighted by Gasteiger charge is -2.51. The minimum atomic E-state index is 0.0495. The van der Waals surface area contributed by atoms with Gasteiger partial charge in [0, 0.05) is 24.2 Å². The summed E-state index contributed by atoms with van der Waals surface area (Å²) in [4.78, 5) is 14.9. The molecule has 4 heteroatoms. The molecule has 0 aromatic heterocycles. The Bertz CT molecular complexity index is 342. The van der Waals surface area contributed by atoms with Crippen LogP contribution in [0.5, 0.6) is 0 Å². The van der Waals surface area contributed by atoms with Gasteiger partial charge in [0.15, 0.2) is 0 Å². The van der Waals surface area contributed by atoms with E-state index >= 15 is 0 Å². The van der Waals surface area contributed by atoms with E-state index in [0.717, 1.165) is 6.54 Å². The van der Waals surface area contributed by atoms with Crippen molar-refractivity contribution in [2.24, 2.45) is 0 Å². The third kappa shape index (κ3) is 3.01. The Morgan fingerprint density at radius 1 is 1.15 bits per heavy atom. The van der Waals surface area contributed by atoms with Gasteiger partial charge in [-0.25, -0.2) is 0 Å². The predicted molar refractivity (Wildman–Crippen MR) is 80.6 cm³/mol. The van der Waals surface area contributed by atoms with Crippen molar-refractivity contribution in [2.75, 3.05) is 6.54 Å². The van der Waals surface area contributed by atoms with E-state index in [9.17, 15) is 4.79 Å². The summed E-state index contributed by atoms with van der Waals surface area (Å²) in [6.45, 7) is 5.35. The zero-order chi connectivity index (χ0) is 14.1. The highest BCUT2D eigenvalue weighted by Gasteiger charge is 2.42. The molecule has 1 amide bonds. The molecule has 3 fully saturated rings. The number of rotatable bonds is 5. The number of piperidine rings is 2. The monoisotopic (exact) mass is 279 g/mol. The SMILES string of the molecule is CCNC1CC2CCCC(C1)N2C(C)C(=O)NC1CC1. The molecular weight excluding hydrogens is 250 g/mol. The first-order valence-corrected chi connectivity index (χ1v) is 8.50. The maximum Gasteiger partial charge on any atom is 0.237 e. The molecule has 2 saturated heterocycles. The zero-order valence-electron chi connectivity index (χ0n) is 12.9. The van der Waals surface area contributed by atoms with E-state index in [0.29, 0.717) is 24.2 Å². The molecule has 3 unspecified atom stereocenters. The van der Waals surface area contributed by atoms with Crippen LogP contribution in [0.2, 0.25) is 0 Å². The van der Waals surface area contributed by atoms with E-state index < -0.39 is 0 Å². The van der Waals surface area contributed by atoms with E-state index in [-0.39, 0.29) is 11.9 Å². The van der Waals surface area contributed by atoms with Crippen molar-refractivity contribution in [2.45, 2.75) is 89.0 Å². The highest BCUT2D eigenvalue weighted by molar-refractivity contribution is 5.82. The summed E-state index contributed by atoms with van der Waals surface area (Å²) in [6.07, 6.45) is 8.64. The lowest BCUT2D eigenvalue weighted by atomic mass is 9.80. The van der Waals surface area contributed by atoms with Crippen molar-refractivity contribution in [1.82, 2.24) is 15.5 Å². The molecule has 0 radical (unpaired) electrons. The van der Waals surface area contributed by atoms with Gasteiger partial charge in [-0.15, -0.1) is 0 Å². The molecule has 3 atom stereocenters. The fourth-order valence-electron chi connectivity index (χ4n) is 4.19. The van der Waals surface area contributed by atoms with Crippen molar-refractivity contribution >= 4 is 5.91 Å². The van der Waals surface area contributed by atoms with E-state index in [4.69, 9.17) is 0 Å². The number of carbonyl (C=O) groups is 1. The molecule has 2 heterocycles. The largest absolute Gasteiger partial charge is 0.352 e. The van der Waals surface area contributed by atoms with Gasteiger partial charge in [-0.2, -0.15) is 0 Å². The number of amides is 1. The summed E-state index contributed by atoms with van der Waals surface area (Å²) in [6, 6.07) is 2.39. The molecule has 2 aliphatic heterocycles. The van der Waals surface area contributed by atoms with Gasteiger partial charge in [0.2, 0.25) is 5.91 Å². The van der Waals surface area contributed by atoms with Gasteiger partial charge in [0.05, 0.1) is 6.04 Å².